The molecule has 0 bridgehead atoms. The van der Waals surface area contributed by atoms with Crippen molar-refractivity contribution in [1.82, 2.24) is 0 Å². The van der Waals surface area contributed by atoms with Crippen LogP contribution in [0.1, 0.15) is 40.0 Å². The third-order valence-corrected chi connectivity index (χ3v) is 3.03. The lowest BCUT2D eigenvalue weighted by atomic mass is 9.65. The van der Waals surface area contributed by atoms with Gasteiger partial charge in [0.1, 0.15) is 0 Å². The number of allylic oxidation sites excluding steroid dienone is 2. The summed E-state index contributed by atoms with van der Waals surface area (Å²) in [7, 11) is 0. The maximum atomic E-state index is 4.07. The third-order valence-electron chi connectivity index (χ3n) is 3.03. The van der Waals surface area contributed by atoms with Crippen molar-refractivity contribution in [2.45, 2.75) is 40.0 Å². The number of rotatable bonds is 1. The van der Waals surface area contributed by atoms with Crippen LogP contribution in [0.2, 0.25) is 0 Å². The van der Waals surface area contributed by atoms with E-state index < -0.39 is 0 Å². The van der Waals surface area contributed by atoms with Gasteiger partial charge in [0.05, 0.1) is 0 Å². The van der Waals surface area contributed by atoms with E-state index in [1.807, 2.05) is 0 Å². The highest BCUT2D eigenvalue weighted by atomic mass is 14.4. The molecule has 0 spiro atoms. The predicted octanol–water partition coefficient (Wildman–Crippen LogP) is 3.95. The van der Waals surface area contributed by atoms with Crippen LogP contribution in [-0.2, 0) is 0 Å². The van der Waals surface area contributed by atoms with Gasteiger partial charge < -0.3 is 0 Å². The lowest BCUT2D eigenvalue weighted by Gasteiger charge is -2.40. The van der Waals surface area contributed by atoms with Crippen LogP contribution in [0.4, 0.5) is 0 Å². The Morgan fingerprint density at radius 1 is 1.50 bits per heavy atom. The van der Waals surface area contributed by atoms with Gasteiger partial charge in [-0.15, -0.1) is 0 Å². The average molecular weight is 164 g/mol. The first-order valence-corrected chi connectivity index (χ1v) is 4.75. The molecule has 0 aliphatic heterocycles. The normalized spacial score (nSPS) is 28.6. The first-order chi connectivity index (χ1) is 5.43. The van der Waals surface area contributed by atoms with Gasteiger partial charge in [0.25, 0.3) is 0 Å². The Hall–Kier alpha value is -0.520. The van der Waals surface area contributed by atoms with E-state index in [1.54, 1.807) is 0 Å². The molecule has 1 saturated carbocycles. The zero-order valence-corrected chi connectivity index (χ0v) is 8.61. The molecule has 1 unspecified atom stereocenters. The van der Waals surface area contributed by atoms with Gasteiger partial charge in [0, 0.05) is 0 Å². The van der Waals surface area contributed by atoms with Crippen LogP contribution >= 0.6 is 0 Å². The van der Waals surface area contributed by atoms with E-state index in [0.717, 1.165) is 0 Å². The maximum absolute atomic E-state index is 4.07. The van der Waals surface area contributed by atoms with Crippen LogP contribution < -0.4 is 0 Å². The highest BCUT2D eigenvalue weighted by Crippen LogP contribution is 2.45. The highest BCUT2D eigenvalue weighted by molar-refractivity contribution is 5.12. The summed E-state index contributed by atoms with van der Waals surface area (Å²) in [5, 5.41) is 0. The van der Waals surface area contributed by atoms with Gasteiger partial charge in [-0.05, 0) is 37.5 Å². The van der Waals surface area contributed by atoms with E-state index in [0.29, 0.717) is 11.3 Å². The van der Waals surface area contributed by atoms with Crippen LogP contribution in [0.5, 0.6) is 0 Å². The summed E-state index contributed by atoms with van der Waals surface area (Å²) < 4.78 is 0. The first kappa shape index (κ1) is 9.57. The molecule has 0 nitrogen and oxygen atoms in total. The van der Waals surface area contributed by atoms with E-state index in [9.17, 15) is 0 Å². The van der Waals surface area contributed by atoms with Crippen LogP contribution in [0.25, 0.3) is 0 Å². The molecular weight excluding hydrogens is 144 g/mol. The summed E-state index contributed by atoms with van der Waals surface area (Å²) in [6.07, 6.45) is 3.62. The van der Waals surface area contributed by atoms with Crippen molar-refractivity contribution in [1.29, 1.82) is 0 Å². The number of hydrogen-bond donors (Lipinski definition) is 0. The van der Waals surface area contributed by atoms with Crippen molar-refractivity contribution in [3.05, 3.63) is 24.3 Å². The van der Waals surface area contributed by atoms with Crippen LogP contribution in [0.15, 0.2) is 24.3 Å². The maximum Gasteiger partial charge on any atom is -0.0151 e. The van der Waals surface area contributed by atoms with E-state index >= 15 is 0 Å². The Labute approximate surface area is 76.4 Å². The van der Waals surface area contributed by atoms with Crippen molar-refractivity contribution in [2.24, 2.45) is 11.3 Å². The number of hydrogen-bond acceptors (Lipinski definition) is 0. The fourth-order valence-electron chi connectivity index (χ4n) is 2.51. The van der Waals surface area contributed by atoms with Gasteiger partial charge in [0.2, 0.25) is 0 Å². The Kier molecular flexibility index (Phi) is 2.46. The molecule has 1 aliphatic rings. The van der Waals surface area contributed by atoms with E-state index in [1.165, 1.54) is 30.4 Å². The van der Waals surface area contributed by atoms with E-state index in [-0.39, 0.29) is 0 Å². The Balaban J connectivity index is 2.77. The minimum atomic E-state index is 0.390. The highest BCUT2D eigenvalue weighted by Gasteiger charge is 2.33. The molecule has 68 valence electrons. The third kappa shape index (κ3) is 1.80. The molecule has 0 radical (unpaired) electrons. The summed E-state index contributed by atoms with van der Waals surface area (Å²) >= 11 is 0. The summed E-state index contributed by atoms with van der Waals surface area (Å²) in [6, 6.07) is 0. The summed E-state index contributed by atoms with van der Waals surface area (Å²) in [5.74, 6) is 0.697. The molecule has 0 heterocycles. The molecule has 1 aliphatic carbocycles. The second-order valence-electron chi connectivity index (χ2n) is 4.85. The van der Waals surface area contributed by atoms with Crippen molar-refractivity contribution in [2.75, 3.05) is 0 Å². The van der Waals surface area contributed by atoms with Crippen LogP contribution in [0.3, 0.4) is 0 Å². The molecule has 0 aromatic carbocycles. The Morgan fingerprint density at radius 3 is 2.50 bits per heavy atom. The SMILES string of the molecule is C=C1CCC(C(=C)C)C(C)(C)C1. The molecule has 0 aromatic heterocycles. The Bertz CT molecular complexity index is 208. The zero-order valence-electron chi connectivity index (χ0n) is 8.61. The molecule has 0 aromatic rings. The molecule has 0 N–H and O–H groups in total. The topological polar surface area (TPSA) is 0 Å². The molecule has 1 atom stereocenters. The van der Waals surface area contributed by atoms with Gasteiger partial charge in [0.15, 0.2) is 0 Å². The molecule has 1 fully saturated rings. The minimum Gasteiger partial charge on any atom is -0.0998 e. The van der Waals surface area contributed by atoms with Crippen molar-refractivity contribution in [3.63, 3.8) is 0 Å². The van der Waals surface area contributed by atoms with Gasteiger partial charge in [-0.2, -0.15) is 0 Å². The van der Waals surface area contributed by atoms with Crippen LogP contribution in [-0.4, -0.2) is 0 Å². The van der Waals surface area contributed by atoms with Crippen molar-refractivity contribution in [3.8, 4) is 0 Å². The second-order valence-corrected chi connectivity index (χ2v) is 4.85. The van der Waals surface area contributed by atoms with Crippen molar-refractivity contribution >= 4 is 0 Å². The first-order valence-electron chi connectivity index (χ1n) is 4.75. The summed E-state index contributed by atoms with van der Waals surface area (Å²) in [4.78, 5) is 0. The average Bonchev–Trinajstić information content (AvgIpc) is 1.82. The van der Waals surface area contributed by atoms with Gasteiger partial charge in [-0.1, -0.05) is 38.2 Å². The lowest BCUT2D eigenvalue weighted by Crippen LogP contribution is -2.29. The summed E-state index contributed by atoms with van der Waals surface area (Å²) in [6.45, 7) is 15.0. The fourth-order valence-corrected chi connectivity index (χ4v) is 2.51. The fraction of sp³-hybridized carbons (Fsp3) is 0.667. The largest absolute Gasteiger partial charge is 0.0998 e. The second kappa shape index (κ2) is 3.08. The quantitative estimate of drug-likeness (QED) is 0.515. The predicted molar refractivity (Wildman–Crippen MR) is 55.1 cm³/mol. The monoisotopic (exact) mass is 164 g/mol. The van der Waals surface area contributed by atoms with Gasteiger partial charge >= 0.3 is 0 Å². The molecule has 0 amide bonds. The molecule has 0 heteroatoms. The molecule has 12 heavy (non-hydrogen) atoms. The lowest BCUT2D eigenvalue weighted by molar-refractivity contribution is 0.204. The van der Waals surface area contributed by atoms with E-state index in [2.05, 4.69) is 33.9 Å². The minimum absolute atomic E-state index is 0.390. The van der Waals surface area contributed by atoms with Gasteiger partial charge in [-0.25, -0.2) is 0 Å². The Morgan fingerprint density at radius 2 is 2.08 bits per heavy atom. The standard InChI is InChI=1S/C12H20/c1-9(2)11-7-6-10(3)8-12(11,4)5/h11H,1,3,6-8H2,2,4-5H3. The summed E-state index contributed by atoms with van der Waals surface area (Å²) in [5.41, 5.74) is 3.14. The van der Waals surface area contributed by atoms with E-state index in [4.69, 9.17) is 0 Å². The zero-order chi connectivity index (χ0) is 9.35. The molecule has 0 saturated heterocycles. The smallest absolute Gasteiger partial charge is 0.0151 e. The van der Waals surface area contributed by atoms with Crippen LogP contribution in [0, 0.1) is 11.3 Å². The molecular formula is C12H20. The van der Waals surface area contributed by atoms with Crippen molar-refractivity contribution < 1.29 is 0 Å². The molecule has 1 rings (SSSR count). The van der Waals surface area contributed by atoms with Gasteiger partial charge in [-0.3, -0.25) is 0 Å².